The molecule has 0 fully saturated rings. The van der Waals surface area contributed by atoms with Crippen LogP contribution >= 0.6 is 0 Å². The van der Waals surface area contributed by atoms with Crippen LogP contribution in [0.4, 0.5) is 0 Å². The second kappa shape index (κ2) is 6.40. The highest BCUT2D eigenvalue weighted by molar-refractivity contribution is 6.12. The molecule has 122 valence electrons. The quantitative estimate of drug-likeness (QED) is 0.355. The third kappa shape index (κ3) is 2.76. The summed E-state index contributed by atoms with van der Waals surface area (Å²) in [6.45, 7) is 2.59. The number of rotatable bonds is 4. The minimum Gasteiger partial charge on any atom is -0.488 e. The van der Waals surface area contributed by atoms with Crippen LogP contribution in [0.25, 0.3) is 21.5 Å². The molecule has 2 nitrogen and oxygen atoms in total. The Morgan fingerprint density at radius 3 is 1.96 bits per heavy atom. The first-order valence-electron chi connectivity index (χ1n) is 8.35. The molecular weight excluding hydrogens is 308 g/mol. The van der Waals surface area contributed by atoms with Gasteiger partial charge in [0, 0.05) is 10.9 Å². The second-order valence-corrected chi connectivity index (χ2v) is 6.19. The van der Waals surface area contributed by atoms with E-state index in [1.807, 2.05) is 30.3 Å². The highest BCUT2D eigenvalue weighted by atomic mass is 16.5. The van der Waals surface area contributed by atoms with Crippen molar-refractivity contribution in [2.75, 3.05) is 0 Å². The Kier molecular flexibility index (Phi) is 3.95. The van der Waals surface area contributed by atoms with E-state index in [-0.39, 0.29) is 0 Å². The Morgan fingerprint density at radius 2 is 1.32 bits per heavy atom. The van der Waals surface area contributed by atoms with Gasteiger partial charge in [-0.05, 0) is 34.2 Å². The smallest absolute Gasteiger partial charge is 0.150 e. The summed E-state index contributed by atoms with van der Waals surface area (Å²) in [5, 5.41) is 4.80. The second-order valence-electron chi connectivity index (χ2n) is 6.19. The molecule has 0 unspecified atom stereocenters. The molecule has 0 bridgehead atoms. The lowest BCUT2D eigenvalue weighted by atomic mass is 9.97. The molecule has 4 aromatic rings. The summed E-state index contributed by atoms with van der Waals surface area (Å²) in [7, 11) is 0. The van der Waals surface area contributed by atoms with E-state index >= 15 is 0 Å². The Balaban J connectivity index is 1.79. The molecule has 0 aromatic heterocycles. The minimum absolute atomic E-state index is 0.475. The fourth-order valence-electron chi connectivity index (χ4n) is 3.32. The van der Waals surface area contributed by atoms with Gasteiger partial charge in [-0.25, -0.2) is 0 Å². The fourth-order valence-corrected chi connectivity index (χ4v) is 3.32. The van der Waals surface area contributed by atoms with Crippen LogP contribution in [0.1, 0.15) is 21.5 Å². The fraction of sp³-hybridized carbons (Fsp3) is 0.0870. The first kappa shape index (κ1) is 15.4. The Hall–Kier alpha value is -3.13. The van der Waals surface area contributed by atoms with Crippen molar-refractivity contribution >= 4 is 27.8 Å². The molecule has 0 aliphatic heterocycles. The van der Waals surface area contributed by atoms with Crippen molar-refractivity contribution in [3.05, 3.63) is 89.5 Å². The van der Waals surface area contributed by atoms with E-state index in [0.29, 0.717) is 12.2 Å². The standard InChI is InChI=1S/C23H18O2/c1-16-19-6-2-3-7-20(19)21-8-4-5-9-22(21)23(16)25-15-18-12-10-17(14-24)11-13-18/h2-14H,15H2,1H3. The molecule has 4 aromatic carbocycles. The topological polar surface area (TPSA) is 26.3 Å². The van der Waals surface area contributed by atoms with E-state index < -0.39 is 0 Å². The number of carbonyl (C=O) groups is 1. The number of carbonyl (C=O) groups excluding carboxylic acids is 1. The van der Waals surface area contributed by atoms with Crippen molar-refractivity contribution in [1.82, 2.24) is 0 Å². The summed E-state index contributed by atoms with van der Waals surface area (Å²) in [6.07, 6.45) is 0.853. The highest BCUT2D eigenvalue weighted by Gasteiger charge is 2.12. The van der Waals surface area contributed by atoms with E-state index in [0.717, 1.165) is 28.5 Å². The molecule has 0 amide bonds. The van der Waals surface area contributed by atoms with Gasteiger partial charge >= 0.3 is 0 Å². The maximum atomic E-state index is 10.8. The van der Waals surface area contributed by atoms with Crippen molar-refractivity contribution < 1.29 is 9.53 Å². The van der Waals surface area contributed by atoms with Crippen LogP contribution in [-0.4, -0.2) is 6.29 Å². The number of ether oxygens (including phenoxy) is 1. The first-order chi connectivity index (χ1) is 12.3. The van der Waals surface area contributed by atoms with Crippen molar-refractivity contribution in [1.29, 1.82) is 0 Å². The van der Waals surface area contributed by atoms with Crippen LogP contribution in [0, 0.1) is 6.92 Å². The Morgan fingerprint density at radius 1 is 0.760 bits per heavy atom. The van der Waals surface area contributed by atoms with Crippen LogP contribution in [0.3, 0.4) is 0 Å². The van der Waals surface area contributed by atoms with Crippen LogP contribution < -0.4 is 4.74 Å². The maximum absolute atomic E-state index is 10.8. The summed E-state index contributed by atoms with van der Waals surface area (Å²) in [5.41, 5.74) is 2.87. The van der Waals surface area contributed by atoms with Crippen molar-refractivity contribution in [3.8, 4) is 5.75 Å². The van der Waals surface area contributed by atoms with Gasteiger partial charge in [-0.15, -0.1) is 0 Å². The van der Waals surface area contributed by atoms with Crippen molar-refractivity contribution in [2.24, 2.45) is 0 Å². The number of aryl methyl sites for hydroxylation is 1. The Labute approximate surface area is 146 Å². The summed E-state index contributed by atoms with van der Waals surface area (Å²) >= 11 is 0. The lowest BCUT2D eigenvalue weighted by Crippen LogP contribution is -1.99. The van der Waals surface area contributed by atoms with E-state index in [1.54, 1.807) is 0 Å². The molecule has 25 heavy (non-hydrogen) atoms. The third-order valence-corrected chi connectivity index (χ3v) is 4.63. The average Bonchev–Trinajstić information content (AvgIpc) is 2.68. The molecule has 0 aliphatic carbocycles. The average molecular weight is 326 g/mol. The number of benzene rings is 4. The monoisotopic (exact) mass is 326 g/mol. The molecule has 0 spiro atoms. The third-order valence-electron chi connectivity index (χ3n) is 4.63. The largest absolute Gasteiger partial charge is 0.488 e. The number of hydrogen-bond acceptors (Lipinski definition) is 2. The molecule has 0 atom stereocenters. The van der Waals surface area contributed by atoms with Gasteiger partial charge in [-0.3, -0.25) is 4.79 Å². The van der Waals surface area contributed by atoms with Crippen LogP contribution in [0.15, 0.2) is 72.8 Å². The molecule has 0 saturated carbocycles. The van der Waals surface area contributed by atoms with Gasteiger partial charge < -0.3 is 4.74 Å². The molecule has 0 aliphatic rings. The van der Waals surface area contributed by atoms with Gasteiger partial charge in [-0.1, -0.05) is 72.8 Å². The van der Waals surface area contributed by atoms with Crippen LogP contribution in [0.2, 0.25) is 0 Å². The molecular formula is C23H18O2. The lowest BCUT2D eigenvalue weighted by molar-refractivity contribution is 0.112. The molecule has 2 heteroatoms. The lowest BCUT2D eigenvalue weighted by Gasteiger charge is -2.16. The van der Waals surface area contributed by atoms with Crippen LogP contribution in [-0.2, 0) is 6.61 Å². The summed E-state index contributed by atoms with van der Waals surface area (Å²) < 4.78 is 6.23. The summed E-state index contributed by atoms with van der Waals surface area (Å²) in [6, 6.07) is 24.3. The predicted molar refractivity (Wildman–Crippen MR) is 102 cm³/mol. The van der Waals surface area contributed by atoms with E-state index in [9.17, 15) is 4.79 Å². The van der Waals surface area contributed by atoms with Gasteiger partial charge in [0.05, 0.1) is 0 Å². The summed E-state index contributed by atoms with van der Waals surface area (Å²) in [4.78, 5) is 10.8. The zero-order valence-electron chi connectivity index (χ0n) is 14.0. The summed E-state index contributed by atoms with van der Waals surface area (Å²) in [5.74, 6) is 0.925. The maximum Gasteiger partial charge on any atom is 0.150 e. The van der Waals surface area contributed by atoms with Gasteiger partial charge in [0.2, 0.25) is 0 Å². The first-order valence-corrected chi connectivity index (χ1v) is 8.35. The van der Waals surface area contributed by atoms with E-state index in [2.05, 4.69) is 49.4 Å². The number of hydrogen-bond donors (Lipinski definition) is 0. The van der Waals surface area contributed by atoms with Gasteiger partial charge in [0.1, 0.15) is 18.6 Å². The Bertz CT molecular complexity index is 1060. The zero-order valence-corrected chi connectivity index (χ0v) is 14.0. The number of fused-ring (bicyclic) bond motifs is 3. The predicted octanol–water partition coefficient (Wildman–Crippen LogP) is 5.69. The van der Waals surface area contributed by atoms with Gasteiger partial charge in [0.25, 0.3) is 0 Å². The van der Waals surface area contributed by atoms with E-state index in [4.69, 9.17) is 4.74 Å². The van der Waals surface area contributed by atoms with Gasteiger partial charge in [-0.2, -0.15) is 0 Å². The zero-order chi connectivity index (χ0) is 17.2. The molecule has 4 rings (SSSR count). The molecule has 0 saturated heterocycles. The molecule has 0 heterocycles. The number of aldehydes is 1. The van der Waals surface area contributed by atoms with E-state index in [1.165, 1.54) is 16.2 Å². The molecule has 0 N–H and O–H groups in total. The highest BCUT2D eigenvalue weighted by Crippen LogP contribution is 2.37. The van der Waals surface area contributed by atoms with Crippen molar-refractivity contribution in [2.45, 2.75) is 13.5 Å². The van der Waals surface area contributed by atoms with Crippen LogP contribution in [0.5, 0.6) is 5.75 Å². The van der Waals surface area contributed by atoms with Crippen molar-refractivity contribution in [3.63, 3.8) is 0 Å². The molecule has 0 radical (unpaired) electrons. The SMILES string of the molecule is Cc1c(OCc2ccc(C=O)cc2)c2ccccc2c2ccccc12. The normalized spacial score (nSPS) is 10.9. The minimum atomic E-state index is 0.475. The van der Waals surface area contributed by atoms with Gasteiger partial charge in [0.15, 0.2) is 0 Å².